The van der Waals surface area contributed by atoms with Gasteiger partial charge in [-0.2, -0.15) is 0 Å². The molecule has 0 spiro atoms. The Labute approximate surface area is 172 Å². The molecular weight excluding hydrogens is 388 g/mol. The van der Waals surface area contributed by atoms with Gasteiger partial charge in [0.1, 0.15) is 5.00 Å². The maximum absolute atomic E-state index is 12.9. The Kier molecular flexibility index (Phi) is 5.00. The maximum Gasteiger partial charge on any atom is 0.342 e. The summed E-state index contributed by atoms with van der Waals surface area (Å²) in [4.78, 5) is 41.9. The number of anilines is 1. The van der Waals surface area contributed by atoms with Crippen LogP contribution >= 0.6 is 11.3 Å². The van der Waals surface area contributed by atoms with Crippen molar-refractivity contribution >= 4 is 44.9 Å². The van der Waals surface area contributed by atoms with Crippen LogP contribution in [0.4, 0.5) is 5.00 Å². The van der Waals surface area contributed by atoms with Gasteiger partial charge in [-0.3, -0.25) is 9.59 Å². The lowest BCUT2D eigenvalue weighted by Crippen LogP contribution is -2.25. The Bertz CT molecular complexity index is 1120. The molecule has 29 heavy (non-hydrogen) atoms. The van der Waals surface area contributed by atoms with E-state index in [1.54, 1.807) is 13.1 Å². The SMILES string of the molecule is Cc1sc(NC(=O)C2CC2)c(C(=O)O[C@@H](C)C(=O)c2c[nH]c3ccccc23)c1C. The van der Waals surface area contributed by atoms with Crippen LogP contribution in [0.3, 0.4) is 0 Å². The van der Waals surface area contributed by atoms with E-state index < -0.39 is 12.1 Å². The lowest BCUT2D eigenvalue weighted by atomic mass is 10.1. The van der Waals surface area contributed by atoms with E-state index in [9.17, 15) is 14.4 Å². The molecule has 1 atom stereocenters. The quantitative estimate of drug-likeness (QED) is 0.458. The Morgan fingerprint density at radius 3 is 2.66 bits per heavy atom. The molecule has 7 heteroatoms. The van der Waals surface area contributed by atoms with Crippen LogP contribution in [-0.4, -0.2) is 28.7 Å². The second-order valence-corrected chi connectivity index (χ2v) is 8.64. The number of carbonyl (C=O) groups excluding carboxylic acids is 3. The van der Waals surface area contributed by atoms with E-state index in [-0.39, 0.29) is 17.6 Å². The summed E-state index contributed by atoms with van der Waals surface area (Å²) in [5.41, 5.74) is 2.43. The van der Waals surface area contributed by atoms with Gasteiger partial charge in [0.2, 0.25) is 11.7 Å². The number of fused-ring (bicyclic) bond motifs is 1. The van der Waals surface area contributed by atoms with E-state index in [4.69, 9.17) is 4.74 Å². The van der Waals surface area contributed by atoms with Crippen LogP contribution in [0.2, 0.25) is 0 Å². The van der Waals surface area contributed by atoms with Gasteiger partial charge in [0, 0.05) is 33.5 Å². The molecule has 3 aromatic rings. The van der Waals surface area contributed by atoms with Crippen molar-refractivity contribution in [2.45, 2.75) is 39.7 Å². The van der Waals surface area contributed by atoms with Crippen LogP contribution in [0.15, 0.2) is 30.5 Å². The second-order valence-electron chi connectivity index (χ2n) is 7.41. The van der Waals surface area contributed by atoms with Crippen molar-refractivity contribution in [1.82, 2.24) is 4.98 Å². The number of thiophene rings is 1. The molecule has 1 aliphatic carbocycles. The predicted molar refractivity (Wildman–Crippen MR) is 113 cm³/mol. The number of Topliss-reactive ketones (excluding diaryl/α,β-unsaturated/α-hetero) is 1. The van der Waals surface area contributed by atoms with E-state index in [0.717, 1.165) is 34.2 Å². The van der Waals surface area contributed by atoms with E-state index in [1.807, 2.05) is 38.1 Å². The zero-order valence-corrected chi connectivity index (χ0v) is 17.3. The molecule has 0 unspecified atom stereocenters. The number of aryl methyl sites for hydroxylation is 1. The average molecular weight is 410 g/mol. The number of rotatable bonds is 6. The molecule has 0 aliphatic heterocycles. The Hall–Kier alpha value is -2.93. The molecule has 2 N–H and O–H groups in total. The van der Waals surface area contributed by atoms with Crippen molar-refractivity contribution in [2.75, 3.05) is 5.32 Å². The minimum Gasteiger partial charge on any atom is -0.451 e. The summed E-state index contributed by atoms with van der Waals surface area (Å²) >= 11 is 1.36. The topological polar surface area (TPSA) is 88.3 Å². The highest BCUT2D eigenvalue weighted by atomic mass is 32.1. The Balaban J connectivity index is 1.54. The molecule has 4 rings (SSSR count). The van der Waals surface area contributed by atoms with Gasteiger partial charge in [0.05, 0.1) is 5.56 Å². The highest BCUT2D eigenvalue weighted by Crippen LogP contribution is 2.36. The minimum atomic E-state index is -0.951. The molecule has 0 saturated heterocycles. The van der Waals surface area contributed by atoms with Gasteiger partial charge < -0.3 is 15.0 Å². The van der Waals surface area contributed by atoms with E-state index in [2.05, 4.69) is 10.3 Å². The summed E-state index contributed by atoms with van der Waals surface area (Å²) in [5.74, 6) is -0.908. The third-order valence-corrected chi connectivity index (χ3v) is 6.40. The number of para-hydroxylation sites is 1. The smallest absolute Gasteiger partial charge is 0.342 e. The predicted octanol–water partition coefficient (Wildman–Crippen LogP) is 4.62. The van der Waals surface area contributed by atoms with Crippen LogP contribution < -0.4 is 5.32 Å². The van der Waals surface area contributed by atoms with Gasteiger partial charge in [0.25, 0.3) is 0 Å². The Morgan fingerprint density at radius 2 is 1.93 bits per heavy atom. The van der Waals surface area contributed by atoms with Crippen LogP contribution in [0.1, 0.15) is 50.9 Å². The number of esters is 1. The number of aromatic amines is 1. The standard InChI is InChI=1S/C22H22N2O4S/c1-11-13(3)29-21(24-20(26)14-8-9-14)18(11)22(27)28-12(2)19(25)16-10-23-17-7-5-4-6-15(16)17/h4-7,10,12,14,23H,8-9H2,1-3H3,(H,24,26)/t12-/m0/s1. The molecule has 0 radical (unpaired) electrons. The molecule has 150 valence electrons. The van der Waals surface area contributed by atoms with Crippen molar-refractivity contribution in [1.29, 1.82) is 0 Å². The first-order valence-corrected chi connectivity index (χ1v) is 10.4. The number of carbonyl (C=O) groups is 3. The van der Waals surface area contributed by atoms with Crippen LogP contribution in [0.5, 0.6) is 0 Å². The average Bonchev–Trinajstić information content (AvgIpc) is 3.40. The van der Waals surface area contributed by atoms with Crippen LogP contribution in [0, 0.1) is 19.8 Å². The molecule has 1 aliphatic rings. The first kappa shape index (κ1) is 19.4. The third kappa shape index (κ3) is 3.70. The molecule has 1 amide bonds. The van der Waals surface area contributed by atoms with E-state index in [1.165, 1.54) is 11.3 Å². The maximum atomic E-state index is 12.9. The first-order valence-electron chi connectivity index (χ1n) is 9.59. The van der Waals surface area contributed by atoms with Crippen molar-refractivity contribution in [3.05, 3.63) is 52.0 Å². The van der Waals surface area contributed by atoms with Crippen molar-refractivity contribution in [2.24, 2.45) is 5.92 Å². The summed E-state index contributed by atoms with van der Waals surface area (Å²) in [7, 11) is 0. The van der Waals surface area contributed by atoms with Gasteiger partial charge in [-0.15, -0.1) is 11.3 Å². The number of aromatic nitrogens is 1. The lowest BCUT2D eigenvalue weighted by molar-refractivity contribution is -0.117. The number of nitrogens with one attached hydrogen (secondary N) is 2. The minimum absolute atomic E-state index is 0.0314. The largest absolute Gasteiger partial charge is 0.451 e. The summed E-state index contributed by atoms with van der Waals surface area (Å²) in [6.07, 6.45) is 2.45. The van der Waals surface area contributed by atoms with Gasteiger partial charge >= 0.3 is 5.97 Å². The van der Waals surface area contributed by atoms with Crippen molar-refractivity contribution < 1.29 is 19.1 Å². The molecule has 2 heterocycles. The second kappa shape index (κ2) is 7.48. The highest BCUT2D eigenvalue weighted by molar-refractivity contribution is 7.16. The molecule has 1 saturated carbocycles. The summed E-state index contributed by atoms with van der Waals surface area (Å²) < 4.78 is 5.52. The number of H-pyrrole nitrogens is 1. The molecule has 1 aromatic carbocycles. The summed E-state index contributed by atoms with van der Waals surface area (Å²) in [5, 5.41) is 4.14. The number of hydrogen-bond donors (Lipinski definition) is 2. The summed E-state index contributed by atoms with van der Waals surface area (Å²) in [6, 6.07) is 7.48. The number of hydrogen-bond acceptors (Lipinski definition) is 5. The number of benzene rings is 1. The van der Waals surface area contributed by atoms with Crippen molar-refractivity contribution in [3.8, 4) is 0 Å². The fourth-order valence-corrected chi connectivity index (χ4v) is 4.34. The van der Waals surface area contributed by atoms with E-state index in [0.29, 0.717) is 16.1 Å². The monoisotopic (exact) mass is 410 g/mol. The third-order valence-electron chi connectivity index (χ3n) is 5.28. The molecular formula is C22H22N2O4S. The highest BCUT2D eigenvalue weighted by Gasteiger charge is 2.32. The normalized spacial score (nSPS) is 14.6. The fraction of sp³-hybridized carbons (Fsp3) is 0.318. The summed E-state index contributed by atoms with van der Waals surface area (Å²) in [6.45, 7) is 5.28. The number of ketones is 1. The van der Waals surface area contributed by atoms with Gasteiger partial charge in [0.15, 0.2) is 6.10 Å². The van der Waals surface area contributed by atoms with Gasteiger partial charge in [-0.1, -0.05) is 18.2 Å². The van der Waals surface area contributed by atoms with Crippen molar-refractivity contribution in [3.63, 3.8) is 0 Å². The fourth-order valence-electron chi connectivity index (χ4n) is 3.29. The van der Waals surface area contributed by atoms with Crippen LogP contribution in [0.25, 0.3) is 10.9 Å². The molecule has 2 aromatic heterocycles. The molecule has 6 nitrogen and oxygen atoms in total. The number of amides is 1. The van der Waals surface area contributed by atoms with Crippen LogP contribution in [-0.2, 0) is 9.53 Å². The first-order chi connectivity index (χ1) is 13.9. The molecule has 0 bridgehead atoms. The lowest BCUT2D eigenvalue weighted by Gasteiger charge is -2.13. The Morgan fingerprint density at radius 1 is 1.21 bits per heavy atom. The molecule has 1 fully saturated rings. The van der Waals surface area contributed by atoms with E-state index >= 15 is 0 Å². The zero-order chi connectivity index (χ0) is 20.7. The zero-order valence-electron chi connectivity index (χ0n) is 16.5. The van der Waals surface area contributed by atoms with Gasteiger partial charge in [-0.25, -0.2) is 4.79 Å². The van der Waals surface area contributed by atoms with Gasteiger partial charge in [-0.05, 0) is 45.2 Å². The number of ether oxygens (including phenoxy) is 1.